The summed E-state index contributed by atoms with van der Waals surface area (Å²) in [6, 6.07) is 0.165. The van der Waals surface area contributed by atoms with Crippen LogP contribution in [0, 0.1) is 11.6 Å². The summed E-state index contributed by atoms with van der Waals surface area (Å²) in [6.45, 7) is 1.72. The van der Waals surface area contributed by atoms with Gasteiger partial charge in [0.1, 0.15) is 5.75 Å². The monoisotopic (exact) mass is 301 g/mol. The molecule has 3 N–H and O–H groups in total. The predicted molar refractivity (Wildman–Crippen MR) is 60.2 cm³/mol. The van der Waals surface area contributed by atoms with Gasteiger partial charge in [-0.25, -0.2) is 8.78 Å². The molecule has 0 saturated heterocycles. The number of phenols is 1. The lowest BCUT2D eigenvalue weighted by atomic mass is 10.0. The molecule has 0 unspecified atom stereocenters. The van der Waals surface area contributed by atoms with Crippen LogP contribution < -0.4 is 5.73 Å². The molecule has 0 aromatic heterocycles. The predicted octanol–water partition coefficient (Wildman–Crippen LogP) is 3.26. The lowest BCUT2D eigenvalue weighted by molar-refractivity contribution is 0.426. The van der Waals surface area contributed by atoms with Gasteiger partial charge in [0, 0.05) is 6.04 Å². The molecule has 0 radical (unpaired) electrons. The highest BCUT2D eigenvalue weighted by molar-refractivity contribution is 9.10. The summed E-state index contributed by atoms with van der Waals surface area (Å²) in [7, 11) is 0. The van der Waals surface area contributed by atoms with Crippen molar-refractivity contribution >= 4 is 28.3 Å². The molecule has 0 heterocycles. The van der Waals surface area contributed by atoms with Crippen molar-refractivity contribution < 1.29 is 13.9 Å². The van der Waals surface area contributed by atoms with E-state index in [1.54, 1.807) is 6.92 Å². The first kappa shape index (κ1) is 14.6. The number of hydrogen-bond donors (Lipinski definition) is 2. The fourth-order valence-electron chi connectivity index (χ4n) is 1.15. The molecule has 0 fully saturated rings. The van der Waals surface area contributed by atoms with Gasteiger partial charge in [-0.1, -0.05) is 6.92 Å². The largest absolute Gasteiger partial charge is 0.506 e. The van der Waals surface area contributed by atoms with Crippen molar-refractivity contribution in [1.82, 2.24) is 0 Å². The minimum Gasteiger partial charge on any atom is -0.506 e. The second-order valence-electron chi connectivity index (χ2n) is 2.93. The summed E-state index contributed by atoms with van der Waals surface area (Å²) in [4.78, 5) is 0. The molecule has 0 aliphatic heterocycles. The molecular formula is C9H11BrClF2NO. The lowest BCUT2D eigenvalue weighted by Crippen LogP contribution is -2.12. The molecule has 1 atom stereocenters. The third kappa shape index (κ3) is 2.80. The van der Waals surface area contributed by atoms with Crippen LogP contribution in [-0.2, 0) is 0 Å². The number of nitrogens with two attached hydrogens (primary N) is 1. The van der Waals surface area contributed by atoms with E-state index in [1.807, 2.05) is 0 Å². The van der Waals surface area contributed by atoms with Gasteiger partial charge in [-0.2, -0.15) is 0 Å². The standard InChI is InChI=1S/C9H10BrF2NO.ClH/c1-2-6(13)7-8(12)5(11)3-4(10)9(7)14;/h3,6,14H,2,13H2,1H3;1H/t6-;/m1./s1. The first-order chi connectivity index (χ1) is 6.49. The van der Waals surface area contributed by atoms with Crippen LogP contribution in [-0.4, -0.2) is 5.11 Å². The smallest absolute Gasteiger partial charge is 0.167 e. The van der Waals surface area contributed by atoms with E-state index < -0.39 is 17.7 Å². The molecule has 1 aromatic rings. The molecular weight excluding hydrogens is 291 g/mol. The zero-order chi connectivity index (χ0) is 10.9. The zero-order valence-corrected chi connectivity index (χ0v) is 10.3. The quantitative estimate of drug-likeness (QED) is 0.824. The molecule has 15 heavy (non-hydrogen) atoms. The van der Waals surface area contributed by atoms with Gasteiger partial charge in [0.05, 0.1) is 10.0 Å². The van der Waals surface area contributed by atoms with Crippen LogP contribution in [0.4, 0.5) is 8.78 Å². The highest BCUT2D eigenvalue weighted by atomic mass is 79.9. The van der Waals surface area contributed by atoms with Crippen molar-refractivity contribution in [1.29, 1.82) is 0 Å². The van der Waals surface area contributed by atoms with Crippen molar-refractivity contribution in [2.45, 2.75) is 19.4 Å². The summed E-state index contributed by atoms with van der Waals surface area (Å²) in [6.07, 6.45) is 0.417. The van der Waals surface area contributed by atoms with E-state index in [2.05, 4.69) is 15.9 Å². The number of phenolic OH excluding ortho intramolecular Hbond substituents is 1. The van der Waals surface area contributed by atoms with Crippen molar-refractivity contribution in [2.75, 3.05) is 0 Å². The number of aromatic hydroxyl groups is 1. The Morgan fingerprint density at radius 2 is 2.07 bits per heavy atom. The van der Waals surface area contributed by atoms with Crippen molar-refractivity contribution in [2.24, 2.45) is 5.73 Å². The Morgan fingerprint density at radius 1 is 1.53 bits per heavy atom. The van der Waals surface area contributed by atoms with E-state index in [4.69, 9.17) is 5.73 Å². The van der Waals surface area contributed by atoms with Gasteiger partial charge in [0.25, 0.3) is 0 Å². The average molecular weight is 303 g/mol. The Labute approximate surface area is 101 Å². The number of hydrogen-bond acceptors (Lipinski definition) is 2. The van der Waals surface area contributed by atoms with Crippen molar-refractivity contribution in [3.05, 3.63) is 27.7 Å². The number of halogens is 4. The fourth-order valence-corrected chi connectivity index (χ4v) is 1.56. The van der Waals surface area contributed by atoms with Crippen LogP contribution in [0.2, 0.25) is 0 Å². The van der Waals surface area contributed by atoms with Crippen LogP contribution in [0.5, 0.6) is 5.75 Å². The molecule has 0 bridgehead atoms. The first-order valence-electron chi connectivity index (χ1n) is 4.11. The Hall–Kier alpha value is -0.390. The van der Waals surface area contributed by atoms with Gasteiger partial charge in [-0.15, -0.1) is 12.4 Å². The Morgan fingerprint density at radius 3 is 2.53 bits per heavy atom. The topological polar surface area (TPSA) is 46.2 Å². The van der Waals surface area contributed by atoms with E-state index in [1.165, 1.54) is 0 Å². The van der Waals surface area contributed by atoms with Crippen LogP contribution >= 0.6 is 28.3 Å². The Bertz CT molecular complexity index is 336. The molecule has 6 heteroatoms. The SMILES string of the molecule is CC[C@@H](N)c1c(O)c(Br)cc(F)c1F.Cl. The first-order valence-corrected chi connectivity index (χ1v) is 4.90. The molecule has 1 aromatic carbocycles. The summed E-state index contributed by atoms with van der Waals surface area (Å²) in [5, 5.41) is 9.47. The fraction of sp³-hybridized carbons (Fsp3) is 0.333. The molecule has 0 amide bonds. The maximum Gasteiger partial charge on any atom is 0.167 e. The van der Waals surface area contributed by atoms with Gasteiger partial charge < -0.3 is 10.8 Å². The third-order valence-electron chi connectivity index (χ3n) is 1.99. The van der Waals surface area contributed by atoms with E-state index in [9.17, 15) is 13.9 Å². The van der Waals surface area contributed by atoms with Gasteiger partial charge >= 0.3 is 0 Å². The second kappa shape index (κ2) is 5.63. The molecule has 1 rings (SSSR count). The van der Waals surface area contributed by atoms with Crippen LogP contribution in [0.1, 0.15) is 24.9 Å². The maximum atomic E-state index is 13.2. The van der Waals surface area contributed by atoms with Crippen molar-refractivity contribution in [3.8, 4) is 5.75 Å². The van der Waals surface area contributed by atoms with Gasteiger partial charge in [-0.05, 0) is 28.4 Å². The summed E-state index contributed by atoms with van der Waals surface area (Å²) in [5.74, 6) is -2.44. The Kier molecular flexibility index (Phi) is 5.48. The third-order valence-corrected chi connectivity index (χ3v) is 2.60. The summed E-state index contributed by atoms with van der Waals surface area (Å²) < 4.78 is 26.3. The van der Waals surface area contributed by atoms with Crippen LogP contribution in [0.15, 0.2) is 10.5 Å². The van der Waals surface area contributed by atoms with Gasteiger partial charge in [0.2, 0.25) is 0 Å². The van der Waals surface area contributed by atoms with E-state index in [0.29, 0.717) is 6.42 Å². The molecule has 0 saturated carbocycles. The van der Waals surface area contributed by atoms with Gasteiger partial charge in [-0.3, -0.25) is 0 Å². The maximum absolute atomic E-state index is 13.2. The van der Waals surface area contributed by atoms with E-state index in [0.717, 1.165) is 6.07 Å². The minimum atomic E-state index is -1.08. The minimum absolute atomic E-state index is 0. The lowest BCUT2D eigenvalue weighted by Gasteiger charge is -2.13. The van der Waals surface area contributed by atoms with Gasteiger partial charge in [0.15, 0.2) is 11.6 Å². The van der Waals surface area contributed by atoms with E-state index in [-0.39, 0.29) is 28.2 Å². The average Bonchev–Trinajstić information content (AvgIpc) is 2.15. The number of rotatable bonds is 2. The Balaban J connectivity index is 0.00000196. The molecule has 2 nitrogen and oxygen atoms in total. The number of benzene rings is 1. The highest BCUT2D eigenvalue weighted by Gasteiger charge is 2.20. The van der Waals surface area contributed by atoms with Crippen LogP contribution in [0.3, 0.4) is 0 Å². The molecule has 0 aliphatic rings. The molecule has 0 spiro atoms. The highest BCUT2D eigenvalue weighted by Crippen LogP contribution is 2.35. The van der Waals surface area contributed by atoms with Crippen molar-refractivity contribution in [3.63, 3.8) is 0 Å². The zero-order valence-electron chi connectivity index (χ0n) is 7.93. The van der Waals surface area contributed by atoms with E-state index >= 15 is 0 Å². The summed E-state index contributed by atoms with van der Waals surface area (Å²) in [5.41, 5.74) is 5.37. The normalized spacial score (nSPS) is 12.1. The molecule has 0 aliphatic carbocycles. The second-order valence-corrected chi connectivity index (χ2v) is 3.79. The van der Waals surface area contributed by atoms with Crippen LogP contribution in [0.25, 0.3) is 0 Å². The molecule has 86 valence electrons. The summed E-state index contributed by atoms with van der Waals surface area (Å²) >= 11 is 2.92.